The largest absolute Gasteiger partial charge is 0.355 e. The Morgan fingerprint density at radius 1 is 1.02 bits per heavy atom. The molecule has 4 rings (SSSR count). The molecule has 10 nitrogen and oxygen atoms in total. The zero-order valence-corrected chi connectivity index (χ0v) is 25.4. The molecule has 11 heteroatoms. The van der Waals surface area contributed by atoms with Crippen LogP contribution in [-0.2, 0) is 16.6 Å². The summed E-state index contributed by atoms with van der Waals surface area (Å²) in [6.45, 7) is 12.8. The number of anilines is 4. The van der Waals surface area contributed by atoms with Crippen molar-refractivity contribution in [2.75, 3.05) is 43.4 Å². The van der Waals surface area contributed by atoms with Gasteiger partial charge in [-0.1, -0.05) is 32.0 Å². The maximum absolute atomic E-state index is 14.6. The lowest BCUT2D eigenvalue weighted by Crippen LogP contribution is -2.42. The Morgan fingerprint density at radius 3 is 2.19 bits per heavy atom. The summed E-state index contributed by atoms with van der Waals surface area (Å²) in [5, 5.41) is 8.59. The average molecular weight is 581 g/mol. The fourth-order valence-corrected chi connectivity index (χ4v) is 4.37. The Kier molecular flexibility index (Phi) is 12.9. The number of hydrogen-bond donors (Lipinski definition) is 3. The van der Waals surface area contributed by atoms with Crippen LogP contribution < -0.4 is 26.4 Å². The number of nitrogens with one attached hydrogen (secondary N) is 3. The number of hydrogen-bond acceptors (Lipinski definition) is 6. The van der Waals surface area contributed by atoms with Gasteiger partial charge in [0.05, 0.1) is 11.4 Å². The number of carbonyl (C=O) groups is 3. The number of nitrogens with zero attached hydrogens (tertiary/aromatic N) is 3. The first-order chi connectivity index (χ1) is 20.1. The smallest absolute Gasteiger partial charge is 0.256 e. The molecule has 0 spiro atoms. The van der Waals surface area contributed by atoms with E-state index in [-0.39, 0.29) is 28.3 Å². The van der Waals surface area contributed by atoms with Crippen molar-refractivity contribution in [3.63, 3.8) is 0 Å². The molecule has 0 saturated carbocycles. The van der Waals surface area contributed by atoms with Crippen LogP contribution in [0.1, 0.15) is 40.9 Å². The Labute approximate surface area is 246 Å². The fourth-order valence-electron chi connectivity index (χ4n) is 4.37. The van der Waals surface area contributed by atoms with Gasteiger partial charge in [0.1, 0.15) is 17.2 Å². The van der Waals surface area contributed by atoms with Crippen molar-refractivity contribution in [1.82, 2.24) is 20.1 Å². The highest BCUT2D eigenvalue weighted by Gasteiger charge is 2.28. The molecule has 3 aromatic rings. The zero-order valence-electron chi connectivity index (χ0n) is 25.4. The maximum Gasteiger partial charge on any atom is 0.256 e. The number of aromatic nitrogens is 1. The number of amides is 3. The molecular weight excluding hydrogens is 539 g/mol. The third-order valence-electron chi connectivity index (χ3n) is 6.55. The van der Waals surface area contributed by atoms with E-state index >= 15 is 0 Å². The zero-order chi connectivity index (χ0) is 31.4. The van der Waals surface area contributed by atoms with E-state index in [4.69, 9.17) is 0 Å². The monoisotopic (exact) mass is 580 g/mol. The summed E-state index contributed by atoms with van der Waals surface area (Å²) in [7, 11) is 2.93. The minimum absolute atomic E-state index is 0.0423. The van der Waals surface area contributed by atoms with Crippen LogP contribution in [0.25, 0.3) is 0 Å². The molecule has 0 unspecified atom stereocenters. The number of rotatable bonds is 7. The van der Waals surface area contributed by atoms with Gasteiger partial charge < -0.3 is 20.9 Å². The Morgan fingerprint density at radius 2 is 1.67 bits per heavy atom. The lowest BCUT2D eigenvalue weighted by Gasteiger charge is -2.26. The first-order valence-corrected chi connectivity index (χ1v) is 13.8. The predicted octanol–water partition coefficient (Wildman–Crippen LogP) is 3.92. The fraction of sp³-hybridized carbons (Fsp3) is 0.355. The molecule has 2 heterocycles. The van der Waals surface area contributed by atoms with Crippen molar-refractivity contribution in [2.24, 2.45) is 7.05 Å². The van der Waals surface area contributed by atoms with Crippen molar-refractivity contribution < 1.29 is 18.8 Å². The van der Waals surface area contributed by atoms with Crippen LogP contribution in [0, 0.1) is 26.6 Å². The summed E-state index contributed by atoms with van der Waals surface area (Å²) in [6, 6.07) is 11.7. The van der Waals surface area contributed by atoms with Crippen LogP contribution in [0.3, 0.4) is 0 Å². The molecule has 1 aliphatic heterocycles. The molecule has 3 N–H and O–H groups in total. The van der Waals surface area contributed by atoms with Gasteiger partial charge in [-0.15, -0.1) is 0 Å². The minimum atomic E-state index is -0.534. The van der Waals surface area contributed by atoms with E-state index in [2.05, 4.69) is 16.0 Å². The maximum atomic E-state index is 14.6. The van der Waals surface area contributed by atoms with E-state index < -0.39 is 17.3 Å². The van der Waals surface area contributed by atoms with Gasteiger partial charge >= 0.3 is 0 Å². The van der Waals surface area contributed by atoms with E-state index in [1.54, 1.807) is 43.0 Å². The van der Waals surface area contributed by atoms with Crippen LogP contribution >= 0.6 is 0 Å². The highest BCUT2D eigenvalue weighted by atomic mass is 19.1. The molecule has 226 valence electrons. The standard InChI is InChI=1S/C24H25FN4O3.C5H10N2O.C2H6/c1-14-7-6-8-17(11-14)29(13-30)21-16(3)24(32)28(5)22(20(21)23(31)26-4)27-19-10-9-15(2)12-18(19)25;8-5-7-3-1-6-2-4-7;1-2/h6-13,27H,1-5H3,(H,26,31);5-6H,1-4H2;1-2H3. The second-order valence-corrected chi connectivity index (χ2v) is 9.45. The van der Waals surface area contributed by atoms with Crippen LogP contribution in [0.15, 0.2) is 47.3 Å². The molecular formula is C31H41FN6O4. The van der Waals surface area contributed by atoms with Crippen LogP contribution in [-0.4, -0.2) is 61.4 Å². The topological polar surface area (TPSA) is 116 Å². The molecule has 0 aliphatic carbocycles. The number of piperazine rings is 1. The molecule has 0 bridgehead atoms. The third kappa shape index (κ3) is 8.03. The van der Waals surface area contributed by atoms with Gasteiger partial charge in [-0.2, -0.15) is 0 Å². The van der Waals surface area contributed by atoms with Gasteiger partial charge in [0, 0.05) is 51.5 Å². The SMILES string of the molecule is CC.CNC(=O)c1c(N(C=O)c2cccc(C)c2)c(C)c(=O)n(C)c1Nc1ccc(C)cc1F.O=CN1CCNCC1. The van der Waals surface area contributed by atoms with E-state index in [1.807, 2.05) is 26.8 Å². The summed E-state index contributed by atoms with van der Waals surface area (Å²) in [6.07, 6.45) is 1.46. The van der Waals surface area contributed by atoms with Gasteiger partial charge in [0.2, 0.25) is 12.8 Å². The summed E-state index contributed by atoms with van der Waals surface area (Å²) < 4.78 is 15.8. The molecule has 3 amide bonds. The van der Waals surface area contributed by atoms with Gasteiger partial charge in [-0.3, -0.25) is 28.6 Å². The second kappa shape index (κ2) is 16.1. The number of aryl methyl sites for hydroxylation is 2. The molecule has 1 fully saturated rings. The minimum Gasteiger partial charge on any atom is -0.355 e. The van der Waals surface area contributed by atoms with Crippen molar-refractivity contribution in [1.29, 1.82) is 0 Å². The van der Waals surface area contributed by atoms with E-state index in [9.17, 15) is 23.6 Å². The molecule has 2 aromatic carbocycles. The second-order valence-electron chi connectivity index (χ2n) is 9.45. The van der Waals surface area contributed by atoms with Crippen LogP contribution in [0.2, 0.25) is 0 Å². The molecule has 1 aromatic heterocycles. The van der Waals surface area contributed by atoms with E-state index in [0.717, 1.165) is 43.7 Å². The summed E-state index contributed by atoms with van der Waals surface area (Å²) in [5.74, 6) is -1.00. The Bertz CT molecular complexity index is 1450. The van der Waals surface area contributed by atoms with Gasteiger partial charge in [-0.05, 0) is 56.2 Å². The van der Waals surface area contributed by atoms with Crippen molar-refractivity contribution in [3.8, 4) is 0 Å². The van der Waals surface area contributed by atoms with Crippen molar-refractivity contribution >= 4 is 41.6 Å². The number of pyridine rings is 1. The van der Waals surface area contributed by atoms with E-state index in [0.29, 0.717) is 12.1 Å². The summed E-state index contributed by atoms with van der Waals surface area (Å²) in [4.78, 5) is 51.4. The Hall–Kier alpha value is -4.51. The first kappa shape index (κ1) is 33.7. The Balaban J connectivity index is 0.000000525. The molecule has 42 heavy (non-hydrogen) atoms. The summed E-state index contributed by atoms with van der Waals surface area (Å²) in [5.41, 5.74) is 2.16. The molecule has 1 saturated heterocycles. The van der Waals surface area contributed by atoms with Crippen molar-refractivity contribution in [2.45, 2.75) is 34.6 Å². The lowest BCUT2D eigenvalue weighted by molar-refractivity contribution is -0.118. The van der Waals surface area contributed by atoms with Gasteiger partial charge in [0.15, 0.2) is 0 Å². The number of carbonyl (C=O) groups excluding carboxylic acids is 3. The predicted molar refractivity (Wildman–Crippen MR) is 165 cm³/mol. The third-order valence-corrected chi connectivity index (χ3v) is 6.55. The number of halogens is 1. The highest BCUT2D eigenvalue weighted by molar-refractivity contribution is 6.08. The first-order valence-electron chi connectivity index (χ1n) is 13.8. The molecule has 0 radical (unpaired) electrons. The van der Waals surface area contributed by atoms with Crippen LogP contribution in [0.4, 0.5) is 27.3 Å². The summed E-state index contributed by atoms with van der Waals surface area (Å²) >= 11 is 0. The highest BCUT2D eigenvalue weighted by Crippen LogP contribution is 2.35. The quantitative estimate of drug-likeness (QED) is 0.365. The normalized spacial score (nSPS) is 12.1. The van der Waals surface area contributed by atoms with Gasteiger partial charge in [-0.25, -0.2) is 4.39 Å². The average Bonchev–Trinajstić information content (AvgIpc) is 3.01. The van der Waals surface area contributed by atoms with E-state index in [1.165, 1.54) is 35.7 Å². The van der Waals surface area contributed by atoms with Crippen LogP contribution in [0.5, 0.6) is 0 Å². The molecule has 1 aliphatic rings. The lowest BCUT2D eigenvalue weighted by atomic mass is 10.1. The van der Waals surface area contributed by atoms with Crippen molar-refractivity contribution in [3.05, 3.63) is 80.9 Å². The van der Waals surface area contributed by atoms with Gasteiger partial charge in [0.25, 0.3) is 11.5 Å². The number of benzene rings is 2. The molecule has 0 atom stereocenters.